The van der Waals surface area contributed by atoms with Gasteiger partial charge in [0.25, 0.3) is 0 Å². The van der Waals surface area contributed by atoms with Crippen LogP contribution in [0.1, 0.15) is 20.8 Å². The highest BCUT2D eigenvalue weighted by Gasteiger charge is 2.17. The summed E-state index contributed by atoms with van der Waals surface area (Å²) < 4.78 is 37.1. The van der Waals surface area contributed by atoms with Crippen LogP contribution >= 0.6 is 0 Å². The molecule has 0 aliphatic heterocycles. The first-order valence-corrected chi connectivity index (χ1v) is 4.75. The second kappa shape index (κ2) is 4.27. The van der Waals surface area contributed by atoms with E-state index in [1.165, 1.54) is 0 Å². The molecule has 0 rings (SSSR count). The van der Waals surface area contributed by atoms with E-state index in [0.29, 0.717) is 0 Å². The SMILES string of the molecule is CC(C)(C)OS(=O)OS(=O)O. The largest absolute Gasteiger partial charge is 0.320 e. The molecule has 0 aromatic carbocycles. The summed E-state index contributed by atoms with van der Waals surface area (Å²) in [5.74, 6) is 0. The summed E-state index contributed by atoms with van der Waals surface area (Å²) >= 11 is -4.73. The van der Waals surface area contributed by atoms with Crippen molar-refractivity contribution in [2.24, 2.45) is 0 Å². The molecule has 0 amide bonds. The Morgan fingerprint density at radius 1 is 1.27 bits per heavy atom. The van der Waals surface area contributed by atoms with E-state index < -0.39 is 28.3 Å². The zero-order valence-corrected chi connectivity index (χ0v) is 8.03. The topological polar surface area (TPSA) is 72.8 Å². The average Bonchev–Trinajstić information content (AvgIpc) is 1.53. The van der Waals surface area contributed by atoms with E-state index in [-0.39, 0.29) is 0 Å². The van der Waals surface area contributed by atoms with Crippen molar-refractivity contribution >= 4 is 22.7 Å². The molecule has 0 spiro atoms. The smallest absolute Gasteiger partial charge is 0.283 e. The van der Waals surface area contributed by atoms with Crippen LogP contribution < -0.4 is 0 Å². The third kappa shape index (κ3) is 8.08. The Balaban J connectivity index is 3.80. The van der Waals surface area contributed by atoms with Crippen LogP contribution in [0.4, 0.5) is 0 Å². The van der Waals surface area contributed by atoms with Crippen LogP contribution in [-0.4, -0.2) is 18.6 Å². The highest BCUT2D eigenvalue weighted by Crippen LogP contribution is 2.09. The van der Waals surface area contributed by atoms with E-state index in [0.717, 1.165) is 0 Å². The summed E-state index contributed by atoms with van der Waals surface area (Å²) in [4.78, 5) is 0. The number of hydrogen-bond donors (Lipinski definition) is 1. The summed E-state index contributed by atoms with van der Waals surface area (Å²) in [7, 11) is 0. The highest BCUT2D eigenvalue weighted by molar-refractivity contribution is 7.88. The minimum Gasteiger partial charge on any atom is -0.283 e. The Hall–Kier alpha value is 0.180. The predicted molar refractivity (Wildman–Crippen MR) is 40.8 cm³/mol. The summed E-state index contributed by atoms with van der Waals surface area (Å²) in [6, 6.07) is 0. The molecule has 0 saturated carbocycles. The summed E-state index contributed by atoms with van der Waals surface area (Å²) in [6.07, 6.45) is 0. The third-order valence-electron chi connectivity index (χ3n) is 0.432. The van der Waals surface area contributed by atoms with Gasteiger partial charge < -0.3 is 0 Å². The molecule has 5 nitrogen and oxygen atoms in total. The third-order valence-corrected chi connectivity index (χ3v) is 1.98. The molecule has 0 bridgehead atoms. The van der Waals surface area contributed by atoms with Gasteiger partial charge in [0.1, 0.15) is 0 Å². The fourth-order valence-corrected chi connectivity index (χ4v) is 1.17. The van der Waals surface area contributed by atoms with Crippen LogP contribution in [-0.2, 0) is 30.5 Å². The van der Waals surface area contributed by atoms with Gasteiger partial charge in [0, 0.05) is 0 Å². The van der Waals surface area contributed by atoms with Crippen molar-refractivity contribution in [3.63, 3.8) is 0 Å². The number of hydrogen-bond acceptors (Lipinski definition) is 4. The molecule has 0 aromatic rings. The van der Waals surface area contributed by atoms with E-state index in [4.69, 9.17) is 4.55 Å². The van der Waals surface area contributed by atoms with Crippen LogP contribution in [0.3, 0.4) is 0 Å². The van der Waals surface area contributed by atoms with Gasteiger partial charge in [0.05, 0.1) is 5.60 Å². The molecule has 68 valence electrons. The van der Waals surface area contributed by atoms with E-state index in [1.54, 1.807) is 20.8 Å². The summed E-state index contributed by atoms with van der Waals surface area (Å²) in [5.41, 5.74) is -0.662. The van der Waals surface area contributed by atoms with Crippen LogP contribution in [0, 0.1) is 0 Å². The van der Waals surface area contributed by atoms with Crippen molar-refractivity contribution < 1.29 is 20.8 Å². The Kier molecular flexibility index (Phi) is 4.34. The second-order valence-corrected chi connectivity index (χ2v) is 4.24. The van der Waals surface area contributed by atoms with Crippen molar-refractivity contribution in [2.75, 3.05) is 0 Å². The molecule has 0 fully saturated rings. The molecule has 2 atom stereocenters. The molecule has 1 N–H and O–H groups in total. The van der Waals surface area contributed by atoms with Crippen molar-refractivity contribution in [3.05, 3.63) is 0 Å². The molecule has 2 unspecified atom stereocenters. The highest BCUT2D eigenvalue weighted by atomic mass is 32.3. The van der Waals surface area contributed by atoms with Crippen molar-refractivity contribution in [1.29, 1.82) is 0 Å². The second-order valence-electron chi connectivity index (χ2n) is 2.68. The molecule has 7 heteroatoms. The van der Waals surface area contributed by atoms with Crippen LogP contribution in [0.15, 0.2) is 0 Å². The predicted octanol–water partition coefficient (Wildman–Crippen LogP) is 0.533. The van der Waals surface area contributed by atoms with Gasteiger partial charge in [0.2, 0.25) is 0 Å². The van der Waals surface area contributed by atoms with Crippen molar-refractivity contribution in [1.82, 2.24) is 0 Å². The van der Waals surface area contributed by atoms with E-state index in [1.807, 2.05) is 0 Å². The van der Waals surface area contributed by atoms with Gasteiger partial charge in [0.15, 0.2) is 0 Å². The lowest BCUT2D eigenvalue weighted by atomic mass is 10.2. The van der Waals surface area contributed by atoms with Gasteiger partial charge >= 0.3 is 22.7 Å². The average molecular weight is 202 g/mol. The molecule has 11 heavy (non-hydrogen) atoms. The Labute approximate surface area is 70.4 Å². The van der Waals surface area contributed by atoms with Gasteiger partial charge in [-0.1, -0.05) is 0 Å². The first-order valence-electron chi connectivity index (χ1n) is 2.72. The van der Waals surface area contributed by atoms with Gasteiger partial charge in [-0.25, -0.2) is 0 Å². The maximum Gasteiger partial charge on any atom is 0.320 e. The monoisotopic (exact) mass is 202 g/mol. The Morgan fingerprint density at radius 2 is 1.73 bits per heavy atom. The lowest BCUT2D eigenvalue weighted by Crippen LogP contribution is -2.21. The zero-order valence-electron chi connectivity index (χ0n) is 6.40. The van der Waals surface area contributed by atoms with Crippen molar-refractivity contribution in [3.8, 4) is 0 Å². The Morgan fingerprint density at radius 3 is 2.00 bits per heavy atom. The van der Waals surface area contributed by atoms with E-state index in [9.17, 15) is 8.42 Å². The maximum atomic E-state index is 10.6. The summed E-state index contributed by atoms with van der Waals surface area (Å²) in [6.45, 7) is 4.94. The first kappa shape index (κ1) is 11.2. The maximum absolute atomic E-state index is 10.6. The molecule has 0 heterocycles. The molecule has 0 aliphatic rings. The zero-order chi connectivity index (χ0) is 9.07. The van der Waals surface area contributed by atoms with Gasteiger partial charge in [-0.05, 0) is 20.8 Å². The van der Waals surface area contributed by atoms with Gasteiger partial charge in [-0.2, -0.15) is 8.42 Å². The fraction of sp³-hybridized carbons (Fsp3) is 1.00. The standard InChI is InChI=1S/C4H10O5S2/c1-4(2,3)8-11(7)9-10(5)6/h1-3H3,(H,5,6). The molecule has 0 radical (unpaired) electrons. The quantitative estimate of drug-likeness (QED) is 0.676. The minimum absolute atomic E-state index is 0.662. The van der Waals surface area contributed by atoms with Crippen LogP contribution in [0.5, 0.6) is 0 Å². The Bertz CT molecular complexity index is 172. The van der Waals surface area contributed by atoms with E-state index in [2.05, 4.69) is 7.81 Å². The van der Waals surface area contributed by atoms with E-state index >= 15 is 0 Å². The van der Waals surface area contributed by atoms with Crippen molar-refractivity contribution in [2.45, 2.75) is 26.4 Å². The van der Waals surface area contributed by atoms with Gasteiger partial charge in [-0.15, -0.1) is 3.63 Å². The van der Waals surface area contributed by atoms with Crippen LogP contribution in [0.2, 0.25) is 0 Å². The van der Waals surface area contributed by atoms with Gasteiger partial charge in [-0.3, -0.25) is 8.74 Å². The fourth-order valence-electron chi connectivity index (χ4n) is 0.266. The minimum atomic E-state index is -2.56. The molecular weight excluding hydrogens is 192 g/mol. The first-order chi connectivity index (χ1) is 4.81. The molecule has 0 aliphatic carbocycles. The van der Waals surface area contributed by atoms with Crippen LogP contribution in [0.25, 0.3) is 0 Å². The molecular formula is C4H10O5S2. The lowest BCUT2D eigenvalue weighted by molar-refractivity contribution is 0.138. The normalized spacial score (nSPS) is 17.8. The number of rotatable bonds is 3. The molecule has 0 aromatic heterocycles. The lowest BCUT2D eigenvalue weighted by Gasteiger charge is -2.15. The molecule has 0 saturated heterocycles. The summed E-state index contributed by atoms with van der Waals surface area (Å²) in [5, 5.41) is 0.